The molecular weight excluding hydrogens is 350 g/mol. The third-order valence-corrected chi connectivity index (χ3v) is 5.71. The van der Waals surface area contributed by atoms with Gasteiger partial charge in [-0.1, -0.05) is 38.5 Å². The fraction of sp³-hybridized carbons (Fsp3) is 0.619. The van der Waals surface area contributed by atoms with Crippen molar-refractivity contribution in [3.8, 4) is 0 Å². The zero-order valence-electron chi connectivity index (χ0n) is 15.7. The predicted octanol–water partition coefficient (Wildman–Crippen LogP) is 4.64. The van der Waals surface area contributed by atoms with Crippen molar-refractivity contribution in [1.82, 2.24) is 4.90 Å². The molecule has 0 heterocycles. The SMILES string of the molecule is O=C(CN(C(=O)C1CCCCC1)C1CCCCC1)Nc1cc(F)cc(F)c1. The summed E-state index contributed by atoms with van der Waals surface area (Å²) in [6, 6.07) is 3.00. The molecule has 0 bridgehead atoms. The number of amides is 2. The molecule has 2 saturated carbocycles. The first-order chi connectivity index (χ1) is 13.0. The van der Waals surface area contributed by atoms with Gasteiger partial charge in [0.1, 0.15) is 18.2 Å². The van der Waals surface area contributed by atoms with E-state index in [1.165, 1.54) is 6.42 Å². The van der Waals surface area contributed by atoms with E-state index in [1.807, 2.05) is 0 Å². The van der Waals surface area contributed by atoms with Crippen molar-refractivity contribution < 1.29 is 18.4 Å². The molecule has 0 spiro atoms. The lowest BCUT2D eigenvalue weighted by atomic mass is 9.86. The molecule has 2 aliphatic rings. The van der Waals surface area contributed by atoms with Crippen LogP contribution in [0.5, 0.6) is 0 Å². The molecule has 2 amide bonds. The number of nitrogens with zero attached hydrogens (tertiary/aromatic N) is 1. The Hall–Kier alpha value is -1.98. The van der Waals surface area contributed by atoms with Gasteiger partial charge in [0.15, 0.2) is 0 Å². The van der Waals surface area contributed by atoms with Crippen LogP contribution in [0.4, 0.5) is 14.5 Å². The first kappa shape index (κ1) is 19.8. The van der Waals surface area contributed by atoms with Gasteiger partial charge in [-0.25, -0.2) is 8.78 Å². The van der Waals surface area contributed by atoms with E-state index in [-0.39, 0.29) is 30.1 Å². The van der Waals surface area contributed by atoms with E-state index < -0.39 is 17.5 Å². The van der Waals surface area contributed by atoms with Crippen LogP contribution in [0.25, 0.3) is 0 Å². The van der Waals surface area contributed by atoms with E-state index in [1.54, 1.807) is 4.90 Å². The molecule has 1 N–H and O–H groups in total. The monoisotopic (exact) mass is 378 g/mol. The van der Waals surface area contributed by atoms with Crippen molar-refractivity contribution in [3.05, 3.63) is 29.8 Å². The van der Waals surface area contributed by atoms with Gasteiger partial charge < -0.3 is 10.2 Å². The van der Waals surface area contributed by atoms with E-state index in [2.05, 4.69) is 5.32 Å². The average Bonchev–Trinajstić information content (AvgIpc) is 2.66. The van der Waals surface area contributed by atoms with Crippen LogP contribution in [0.2, 0.25) is 0 Å². The molecule has 0 unspecified atom stereocenters. The normalized spacial score (nSPS) is 18.9. The Bertz CT molecular complexity index is 648. The quantitative estimate of drug-likeness (QED) is 0.811. The van der Waals surface area contributed by atoms with Gasteiger partial charge in [0, 0.05) is 23.7 Å². The molecule has 148 valence electrons. The lowest BCUT2D eigenvalue weighted by Crippen LogP contribution is -2.48. The second-order valence-corrected chi connectivity index (χ2v) is 7.80. The van der Waals surface area contributed by atoms with Crippen molar-refractivity contribution in [3.63, 3.8) is 0 Å². The molecule has 4 nitrogen and oxygen atoms in total. The second kappa shape index (κ2) is 9.29. The van der Waals surface area contributed by atoms with Gasteiger partial charge in [-0.15, -0.1) is 0 Å². The lowest BCUT2D eigenvalue weighted by Gasteiger charge is -2.37. The highest BCUT2D eigenvalue weighted by Gasteiger charge is 2.32. The molecule has 0 atom stereocenters. The maximum atomic E-state index is 13.3. The van der Waals surface area contributed by atoms with Gasteiger partial charge in [0.05, 0.1) is 0 Å². The first-order valence-electron chi connectivity index (χ1n) is 10.1. The van der Waals surface area contributed by atoms with Crippen LogP contribution < -0.4 is 5.32 Å². The predicted molar refractivity (Wildman–Crippen MR) is 100 cm³/mol. The highest BCUT2D eigenvalue weighted by Crippen LogP contribution is 2.29. The number of benzene rings is 1. The molecule has 2 fully saturated rings. The minimum absolute atomic E-state index is 0.0000840. The first-order valence-corrected chi connectivity index (χ1v) is 10.1. The van der Waals surface area contributed by atoms with E-state index in [0.29, 0.717) is 0 Å². The number of anilines is 1. The fourth-order valence-electron chi connectivity index (χ4n) is 4.34. The summed E-state index contributed by atoms with van der Waals surface area (Å²) in [7, 11) is 0. The zero-order chi connectivity index (χ0) is 19.2. The van der Waals surface area contributed by atoms with E-state index in [0.717, 1.165) is 76.0 Å². The van der Waals surface area contributed by atoms with Crippen LogP contribution in [-0.2, 0) is 9.59 Å². The fourth-order valence-corrected chi connectivity index (χ4v) is 4.34. The number of rotatable bonds is 5. The summed E-state index contributed by atoms with van der Waals surface area (Å²) in [5.41, 5.74) is 0.0752. The van der Waals surface area contributed by atoms with Crippen molar-refractivity contribution in [2.24, 2.45) is 5.92 Å². The van der Waals surface area contributed by atoms with Crippen LogP contribution >= 0.6 is 0 Å². The number of hydrogen-bond acceptors (Lipinski definition) is 2. The smallest absolute Gasteiger partial charge is 0.244 e. The third-order valence-electron chi connectivity index (χ3n) is 5.71. The zero-order valence-corrected chi connectivity index (χ0v) is 15.7. The molecule has 0 aliphatic heterocycles. The maximum Gasteiger partial charge on any atom is 0.244 e. The Morgan fingerprint density at radius 3 is 2.04 bits per heavy atom. The average molecular weight is 378 g/mol. The molecular formula is C21H28F2N2O2. The summed E-state index contributed by atoms with van der Waals surface area (Å²) in [6.45, 7) is -0.0574. The molecule has 1 aromatic carbocycles. The number of carbonyl (C=O) groups excluding carboxylic acids is 2. The van der Waals surface area contributed by atoms with E-state index >= 15 is 0 Å². The van der Waals surface area contributed by atoms with Crippen LogP contribution in [-0.4, -0.2) is 29.3 Å². The topological polar surface area (TPSA) is 49.4 Å². The standard InChI is InChI=1S/C21H28F2N2O2/c22-16-11-17(23)13-18(12-16)24-20(26)14-25(19-9-5-2-6-10-19)21(27)15-7-3-1-4-8-15/h11-13,15,19H,1-10,14H2,(H,24,26). The molecule has 3 rings (SSSR count). The van der Waals surface area contributed by atoms with Crippen LogP contribution in [0.3, 0.4) is 0 Å². The van der Waals surface area contributed by atoms with E-state index in [4.69, 9.17) is 0 Å². The number of nitrogens with one attached hydrogen (secondary N) is 1. The minimum Gasteiger partial charge on any atom is -0.330 e. The molecule has 6 heteroatoms. The highest BCUT2D eigenvalue weighted by molar-refractivity contribution is 5.95. The Morgan fingerprint density at radius 1 is 0.889 bits per heavy atom. The molecule has 2 aliphatic carbocycles. The van der Waals surface area contributed by atoms with Crippen molar-refractivity contribution in [2.45, 2.75) is 70.3 Å². The van der Waals surface area contributed by atoms with Gasteiger partial charge in [-0.05, 0) is 37.8 Å². The Kier molecular flexibility index (Phi) is 6.80. The Labute approximate surface area is 159 Å². The van der Waals surface area contributed by atoms with Gasteiger partial charge in [0.2, 0.25) is 11.8 Å². The Balaban J connectivity index is 1.69. The van der Waals surface area contributed by atoms with Crippen LogP contribution in [0.15, 0.2) is 18.2 Å². The molecule has 27 heavy (non-hydrogen) atoms. The molecule has 1 aromatic rings. The summed E-state index contributed by atoms with van der Waals surface area (Å²) in [6.07, 6.45) is 10.2. The molecule has 0 radical (unpaired) electrons. The lowest BCUT2D eigenvalue weighted by molar-refractivity contribution is -0.142. The van der Waals surface area contributed by atoms with Crippen molar-refractivity contribution in [2.75, 3.05) is 11.9 Å². The van der Waals surface area contributed by atoms with Crippen LogP contribution in [0.1, 0.15) is 64.2 Å². The van der Waals surface area contributed by atoms with Gasteiger partial charge >= 0.3 is 0 Å². The number of halogens is 2. The second-order valence-electron chi connectivity index (χ2n) is 7.80. The summed E-state index contributed by atoms with van der Waals surface area (Å²) in [5, 5.41) is 2.54. The van der Waals surface area contributed by atoms with Crippen molar-refractivity contribution >= 4 is 17.5 Å². The molecule has 0 aromatic heterocycles. The van der Waals surface area contributed by atoms with Crippen molar-refractivity contribution in [1.29, 1.82) is 0 Å². The van der Waals surface area contributed by atoms with Gasteiger partial charge in [0.25, 0.3) is 0 Å². The summed E-state index contributed by atoms with van der Waals surface area (Å²) >= 11 is 0. The minimum atomic E-state index is -0.743. The van der Waals surface area contributed by atoms with E-state index in [9.17, 15) is 18.4 Å². The maximum absolute atomic E-state index is 13.3. The third kappa shape index (κ3) is 5.50. The Morgan fingerprint density at radius 2 is 1.44 bits per heavy atom. The summed E-state index contributed by atoms with van der Waals surface area (Å²) in [5.74, 6) is -1.82. The number of carbonyl (C=O) groups is 2. The number of hydrogen-bond donors (Lipinski definition) is 1. The van der Waals surface area contributed by atoms with Gasteiger partial charge in [-0.3, -0.25) is 9.59 Å². The summed E-state index contributed by atoms with van der Waals surface area (Å²) in [4.78, 5) is 27.4. The summed E-state index contributed by atoms with van der Waals surface area (Å²) < 4.78 is 26.7. The van der Waals surface area contributed by atoms with Gasteiger partial charge in [-0.2, -0.15) is 0 Å². The largest absolute Gasteiger partial charge is 0.330 e. The highest BCUT2D eigenvalue weighted by atomic mass is 19.1. The molecule has 0 saturated heterocycles. The van der Waals surface area contributed by atoms with Crippen LogP contribution in [0, 0.1) is 17.6 Å².